The maximum atomic E-state index is 11.8. The van der Waals surface area contributed by atoms with Gasteiger partial charge in [0.1, 0.15) is 0 Å². The zero-order valence-corrected chi connectivity index (χ0v) is 10.6. The van der Waals surface area contributed by atoms with Gasteiger partial charge in [0, 0.05) is 18.3 Å². The summed E-state index contributed by atoms with van der Waals surface area (Å²) in [5.74, 6) is 0.0947. The van der Waals surface area contributed by atoms with E-state index in [1.54, 1.807) is 6.20 Å². The number of rotatable bonds is 5. The third-order valence-corrected chi connectivity index (χ3v) is 2.19. The Kier molecular flexibility index (Phi) is 4.24. The van der Waals surface area contributed by atoms with Gasteiger partial charge in [-0.15, -0.1) is 0 Å². The van der Waals surface area contributed by atoms with Crippen LogP contribution in [0.1, 0.15) is 44.5 Å². The Hall–Kier alpha value is -1.16. The van der Waals surface area contributed by atoms with E-state index < -0.39 is 0 Å². The molecule has 90 valence electrons. The standard InChI is InChI=1S/C12H21N3O/c1-5-6-15-9-10(7-14-15)11(16)8-13-12(2,3)4/h7,9,13H,5-6,8H2,1-4H3. The van der Waals surface area contributed by atoms with Gasteiger partial charge in [-0.2, -0.15) is 5.10 Å². The van der Waals surface area contributed by atoms with Crippen LogP contribution in [0.25, 0.3) is 0 Å². The Labute approximate surface area is 97.0 Å². The molecule has 0 fully saturated rings. The molecule has 4 heteroatoms. The minimum Gasteiger partial charge on any atom is -0.305 e. The lowest BCUT2D eigenvalue weighted by atomic mass is 10.1. The van der Waals surface area contributed by atoms with Crippen LogP contribution in [0.15, 0.2) is 12.4 Å². The summed E-state index contributed by atoms with van der Waals surface area (Å²) in [6.07, 6.45) is 4.48. The number of ketones is 1. The second kappa shape index (κ2) is 5.25. The average Bonchev–Trinajstić information content (AvgIpc) is 2.62. The molecule has 0 spiro atoms. The van der Waals surface area contributed by atoms with Gasteiger partial charge in [-0.1, -0.05) is 6.92 Å². The van der Waals surface area contributed by atoms with Crippen LogP contribution < -0.4 is 5.32 Å². The highest BCUT2D eigenvalue weighted by molar-refractivity contribution is 5.97. The molecule has 1 N–H and O–H groups in total. The van der Waals surface area contributed by atoms with Crippen molar-refractivity contribution >= 4 is 5.78 Å². The largest absolute Gasteiger partial charge is 0.305 e. The number of Topliss-reactive ketones (excluding diaryl/α,β-unsaturated/α-hetero) is 1. The number of carbonyl (C=O) groups is 1. The summed E-state index contributed by atoms with van der Waals surface area (Å²) >= 11 is 0. The summed E-state index contributed by atoms with van der Waals surface area (Å²) in [7, 11) is 0. The van der Waals surface area contributed by atoms with Crippen molar-refractivity contribution in [1.29, 1.82) is 0 Å². The van der Waals surface area contributed by atoms with Crippen LogP contribution in [0.3, 0.4) is 0 Å². The molecule has 1 heterocycles. The van der Waals surface area contributed by atoms with Crippen molar-refractivity contribution in [3.63, 3.8) is 0 Å². The number of nitrogens with zero attached hydrogens (tertiary/aromatic N) is 2. The molecule has 0 aromatic carbocycles. The van der Waals surface area contributed by atoms with Crippen molar-refractivity contribution in [2.45, 2.75) is 46.2 Å². The summed E-state index contributed by atoms with van der Waals surface area (Å²) in [4.78, 5) is 11.8. The van der Waals surface area contributed by atoms with Gasteiger partial charge in [-0.25, -0.2) is 0 Å². The van der Waals surface area contributed by atoms with Crippen molar-refractivity contribution in [3.8, 4) is 0 Å². The second-order valence-corrected chi connectivity index (χ2v) is 5.02. The van der Waals surface area contributed by atoms with E-state index in [-0.39, 0.29) is 11.3 Å². The van der Waals surface area contributed by atoms with Crippen LogP contribution in [0.5, 0.6) is 0 Å². The molecule has 0 amide bonds. The van der Waals surface area contributed by atoms with Gasteiger partial charge >= 0.3 is 0 Å². The van der Waals surface area contributed by atoms with Gasteiger partial charge in [0.15, 0.2) is 5.78 Å². The third-order valence-electron chi connectivity index (χ3n) is 2.19. The molecule has 1 aromatic heterocycles. The fourth-order valence-electron chi connectivity index (χ4n) is 1.31. The molecule has 0 aliphatic carbocycles. The third kappa shape index (κ3) is 4.14. The van der Waals surface area contributed by atoms with Crippen LogP contribution in [0, 0.1) is 0 Å². The zero-order chi connectivity index (χ0) is 12.2. The summed E-state index contributed by atoms with van der Waals surface area (Å²) in [5, 5.41) is 7.31. The molecule has 0 radical (unpaired) electrons. The fraction of sp³-hybridized carbons (Fsp3) is 0.667. The lowest BCUT2D eigenvalue weighted by molar-refractivity contribution is 0.0982. The molecule has 0 saturated carbocycles. The van der Waals surface area contributed by atoms with E-state index in [2.05, 4.69) is 17.3 Å². The van der Waals surface area contributed by atoms with E-state index in [9.17, 15) is 4.79 Å². The van der Waals surface area contributed by atoms with Crippen molar-refractivity contribution in [1.82, 2.24) is 15.1 Å². The molecule has 0 saturated heterocycles. The fourth-order valence-corrected chi connectivity index (χ4v) is 1.31. The number of aryl methyl sites for hydroxylation is 1. The number of carbonyl (C=O) groups excluding carboxylic acids is 1. The van der Waals surface area contributed by atoms with E-state index >= 15 is 0 Å². The van der Waals surface area contributed by atoms with E-state index in [0.717, 1.165) is 13.0 Å². The van der Waals surface area contributed by atoms with E-state index in [1.165, 1.54) is 0 Å². The van der Waals surface area contributed by atoms with Crippen molar-refractivity contribution < 1.29 is 4.79 Å². The highest BCUT2D eigenvalue weighted by Gasteiger charge is 2.13. The first-order valence-electron chi connectivity index (χ1n) is 5.73. The number of hydrogen-bond donors (Lipinski definition) is 1. The topological polar surface area (TPSA) is 46.9 Å². The van der Waals surface area contributed by atoms with Crippen LogP contribution in [-0.2, 0) is 6.54 Å². The van der Waals surface area contributed by atoms with Gasteiger partial charge in [0.05, 0.1) is 18.3 Å². The maximum absolute atomic E-state index is 11.8. The number of aromatic nitrogens is 2. The Morgan fingerprint density at radius 3 is 2.75 bits per heavy atom. The van der Waals surface area contributed by atoms with Crippen LogP contribution >= 0.6 is 0 Å². The summed E-state index contributed by atoms with van der Waals surface area (Å²) in [6, 6.07) is 0. The molecule has 0 aliphatic rings. The van der Waals surface area contributed by atoms with Gasteiger partial charge in [0.2, 0.25) is 0 Å². The molecule has 16 heavy (non-hydrogen) atoms. The predicted octanol–water partition coefficient (Wildman–Crippen LogP) is 1.86. The summed E-state index contributed by atoms with van der Waals surface area (Å²) < 4.78 is 1.81. The highest BCUT2D eigenvalue weighted by Crippen LogP contribution is 2.02. The molecule has 0 unspecified atom stereocenters. The monoisotopic (exact) mass is 223 g/mol. The van der Waals surface area contributed by atoms with Crippen LogP contribution in [0.4, 0.5) is 0 Å². The van der Waals surface area contributed by atoms with E-state index in [1.807, 2.05) is 31.6 Å². The van der Waals surface area contributed by atoms with Crippen LogP contribution in [0.2, 0.25) is 0 Å². The average molecular weight is 223 g/mol. The minimum atomic E-state index is -0.0327. The van der Waals surface area contributed by atoms with Crippen molar-refractivity contribution in [2.75, 3.05) is 6.54 Å². The molecule has 0 atom stereocenters. The first-order valence-corrected chi connectivity index (χ1v) is 5.73. The Bertz CT molecular complexity index is 349. The van der Waals surface area contributed by atoms with Gasteiger partial charge in [-0.05, 0) is 27.2 Å². The normalized spacial score (nSPS) is 11.8. The molecule has 0 aliphatic heterocycles. The van der Waals surface area contributed by atoms with Gasteiger partial charge in [0.25, 0.3) is 0 Å². The first-order chi connectivity index (χ1) is 7.42. The molecule has 1 rings (SSSR count). The number of hydrogen-bond acceptors (Lipinski definition) is 3. The summed E-state index contributed by atoms with van der Waals surface area (Å²) in [5.41, 5.74) is 0.653. The molecule has 4 nitrogen and oxygen atoms in total. The van der Waals surface area contributed by atoms with Crippen molar-refractivity contribution in [3.05, 3.63) is 18.0 Å². The molecular formula is C12H21N3O. The molecule has 1 aromatic rings. The SMILES string of the molecule is CCCn1cc(C(=O)CNC(C)(C)C)cn1. The Morgan fingerprint density at radius 1 is 1.50 bits per heavy atom. The highest BCUT2D eigenvalue weighted by atomic mass is 16.1. The Balaban J connectivity index is 2.53. The predicted molar refractivity (Wildman–Crippen MR) is 64.6 cm³/mol. The van der Waals surface area contributed by atoms with E-state index in [4.69, 9.17) is 0 Å². The van der Waals surface area contributed by atoms with Gasteiger partial charge in [-0.3, -0.25) is 9.48 Å². The summed E-state index contributed by atoms with van der Waals surface area (Å²) in [6.45, 7) is 9.44. The quantitative estimate of drug-likeness (QED) is 0.775. The van der Waals surface area contributed by atoms with Crippen LogP contribution in [-0.4, -0.2) is 27.6 Å². The van der Waals surface area contributed by atoms with E-state index in [0.29, 0.717) is 12.1 Å². The number of nitrogens with one attached hydrogen (secondary N) is 1. The minimum absolute atomic E-state index is 0.0327. The van der Waals surface area contributed by atoms with Gasteiger partial charge < -0.3 is 5.32 Å². The molecule has 0 bridgehead atoms. The maximum Gasteiger partial charge on any atom is 0.179 e. The lowest BCUT2D eigenvalue weighted by Gasteiger charge is -2.19. The smallest absolute Gasteiger partial charge is 0.179 e. The Morgan fingerprint density at radius 2 is 2.19 bits per heavy atom. The van der Waals surface area contributed by atoms with Crippen molar-refractivity contribution in [2.24, 2.45) is 0 Å². The lowest BCUT2D eigenvalue weighted by Crippen LogP contribution is -2.39. The second-order valence-electron chi connectivity index (χ2n) is 5.02. The molecular weight excluding hydrogens is 202 g/mol. The first kappa shape index (κ1) is 12.9. The zero-order valence-electron chi connectivity index (χ0n) is 10.6.